The lowest BCUT2D eigenvalue weighted by Gasteiger charge is -2.18. The van der Waals surface area contributed by atoms with E-state index in [9.17, 15) is 0 Å². The number of nitrogens with two attached hydrogens (primary N) is 1. The zero-order chi connectivity index (χ0) is 14.0. The molecule has 3 nitrogen and oxygen atoms in total. The molecule has 1 unspecified atom stereocenters. The van der Waals surface area contributed by atoms with E-state index in [4.69, 9.17) is 10.5 Å². The van der Waals surface area contributed by atoms with Crippen molar-refractivity contribution in [2.24, 2.45) is 5.73 Å². The van der Waals surface area contributed by atoms with Gasteiger partial charge in [-0.1, -0.05) is 23.8 Å². The quantitative estimate of drug-likeness (QED) is 0.918. The third-order valence-electron chi connectivity index (χ3n) is 3.27. The van der Waals surface area contributed by atoms with Gasteiger partial charge < -0.3 is 10.5 Å². The van der Waals surface area contributed by atoms with Crippen LogP contribution >= 0.6 is 0 Å². The number of rotatable bonds is 3. The van der Waals surface area contributed by atoms with E-state index in [0.717, 1.165) is 33.7 Å². The molecule has 0 amide bonds. The van der Waals surface area contributed by atoms with Crippen LogP contribution in [0.4, 0.5) is 0 Å². The predicted molar refractivity (Wildman–Crippen MR) is 77.5 cm³/mol. The molecule has 2 aromatic rings. The van der Waals surface area contributed by atoms with Gasteiger partial charge in [-0.05, 0) is 38.0 Å². The molecule has 0 radical (unpaired) electrons. The Morgan fingerprint density at radius 3 is 2.47 bits per heavy atom. The van der Waals surface area contributed by atoms with E-state index in [0.29, 0.717) is 0 Å². The summed E-state index contributed by atoms with van der Waals surface area (Å²) in [5, 5.41) is 0. The molecule has 3 heteroatoms. The Morgan fingerprint density at radius 1 is 1.11 bits per heavy atom. The lowest BCUT2D eigenvalue weighted by molar-refractivity contribution is 0.407. The number of hydrogen-bond donors (Lipinski definition) is 1. The van der Waals surface area contributed by atoms with Crippen LogP contribution in [-0.2, 0) is 0 Å². The van der Waals surface area contributed by atoms with E-state index >= 15 is 0 Å². The lowest BCUT2D eigenvalue weighted by atomic mass is 9.97. The van der Waals surface area contributed by atoms with Crippen molar-refractivity contribution >= 4 is 0 Å². The molecule has 0 aliphatic heterocycles. The van der Waals surface area contributed by atoms with E-state index in [2.05, 4.69) is 17.1 Å². The first-order valence-electron chi connectivity index (χ1n) is 6.36. The van der Waals surface area contributed by atoms with Crippen LogP contribution in [0, 0.1) is 20.8 Å². The highest BCUT2D eigenvalue weighted by Gasteiger charge is 2.17. The molecular formula is C16H20N2O. The third kappa shape index (κ3) is 2.76. The van der Waals surface area contributed by atoms with Gasteiger partial charge in [0.25, 0.3) is 0 Å². The summed E-state index contributed by atoms with van der Waals surface area (Å²) in [5.41, 5.74) is 11.7. The number of hydrogen-bond acceptors (Lipinski definition) is 3. The van der Waals surface area contributed by atoms with Crippen LogP contribution < -0.4 is 10.5 Å². The Hall–Kier alpha value is -1.87. The minimum atomic E-state index is -0.268. The molecule has 1 atom stereocenters. The number of nitrogens with zero attached hydrogens (tertiary/aromatic N) is 1. The molecule has 0 spiro atoms. The van der Waals surface area contributed by atoms with Gasteiger partial charge in [0.2, 0.25) is 0 Å². The van der Waals surface area contributed by atoms with E-state index in [1.807, 2.05) is 39.1 Å². The molecule has 0 saturated carbocycles. The molecule has 100 valence electrons. The smallest absolute Gasteiger partial charge is 0.124 e. The van der Waals surface area contributed by atoms with Gasteiger partial charge in [-0.3, -0.25) is 4.98 Å². The van der Waals surface area contributed by atoms with Crippen LogP contribution in [0.1, 0.15) is 34.0 Å². The summed E-state index contributed by atoms with van der Waals surface area (Å²) in [5.74, 6) is 0.805. The Kier molecular flexibility index (Phi) is 3.86. The van der Waals surface area contributed by atoms with Crippen LogP contribution in [-0.4, -0.2) is 12.1 Å². The van der Waals surface area contributed by atoms with Gasteiger partial charge in [0, 0.05) is 11.8 Å². The normalized spacial score (nSPS) is 12.3. The molecule has 19 heavy (non-hydrogen) atoms. The first kappa shape index (κ1) is 13.6. The van der Waals surface area contributed by atoms with Gasteiger partial charge in [0.15, 0.2) is 0 Å². The van der Waals surface area contributed by atoms with Crippen LogP contribution in [0.5, 0.6) is 5.75 Å². The zero-order valence-corrected chi connectivity index (χ0v) is 11.9. The van der Waals surface area contributed by atoms with Gasteiger partial charge in [-0.15, -0.1) is 0 Å². The molecular weight excluding hydrogens is 236 g/mol. The average Bonchev–Trinajstić information content (AvgIpc) is 2.38. The second-order valence-electron chi connectivity index (χ2n) is 4.94. The van der Waals surface area contributed by atoms with E-state index < -0.39 is 0 Å². The topological polar surface area (TPSA) is 48.1 Å². The number of aromatic nitrogens is 1. The third-order valence-corrected chi connectivity index (χ3v) is 3.27. The number of ether oxygens (including phenoxy) is 1. The van der Waals surface area contributed by atoms with Crippen molar-refractivity contribution in [2.75, 3.05) is 7.11 Å². The summed E-state index contributed by atoms with van der Waals surface area (Å²) in [6.45, 7) is 6.12. The summed E-state index contributed by atoms with van der Waals surface area (Å²) in [7, 11) is 1.66. The van der Waals surface area contributed by atoms with Gasteiger partial charge >= 0.3 is 0 Å². The van der Waals surface area contributed by atoms with Crippen molar-refractivity contribution in [3.8, 4) is 5.75 Å². The first-order valence-corrected chi connectivity index (χ1v) is 6.36. The molecule has 1 aromatic heterocycles. The maximum Gasteiger partial charge on any atom is 0.124 e. The summed E-state index contributed by atoms with van der Waals surface area (Å²) in [6.07, 6.45) is 1.85. The number of benzene rings is 1. The molecule has 1 heterocycles. The highest BCUT2D eigenvalue weighted by molar-refractivity contribution is 5.43. The summed E-state index contributed by atoms with van der Waals surface area (Å²) >= 11 is 0. The van der Waals surface area contributed by atoms with Crippen molar-refractivity contribution in [3.63, 3.8) is 0 Å². The summed E-state index contributed by atoms with van der Waals surface area (Å²) in [6, 6.07) is 7.86. The highest BCUT2D eigenvalue weighted by atomic mass is 16.5. The molecule has 0 bridgehead atoms. The standard InChI is InChI=1S/C16H20N2O/c1-10-5-6-14(19-4)13(8-10)15(17)16-12(3)7-11(2)9-18-16/h5-9,15H,17H2,1-4H3. The SMILES string of the molecule is COc1ccc(C)cc1C(N)c1ncc(C)cc1C. The van der Waals surface area contributed by atoms with E-state index in [1.165, 1.54) is 0 Å². The number of pyridine rings is 1. The van der Waals surface area contributed by atoms with Crippen LogP contribution in [0.25, 0.3) is 0 Å². The second-order valence-corrected chi connectivity index (χ2v) is 4.94. The van der Waals surface area contributed by atoms with Gasteiger partial charge in [0.05, 0.1) is 18.8 Å². The largest absolute Gasteiger partial charge is 0.496 e. The van der Waals surface area contributed by atoms with Crippen molar-refractivity contribution in [1.29, 1.82) is 0 Å². The molecule has 2 N–H and O–H groups in total. The predicted octanol–water partition coefficient (Wildman–Crippen LogP) is 3.06. The van der Waals surface area contributed by atoms with Crippen molar-refractivity contribution < 1.29 is 4.74 Å². The Morgan fingerprint density at radius 2 is 1.84 bits per heavy atom. The van der Waals surface area contributed by atoms with Gasteiger partial charge in [-0.2, -0.15) is 0 Å². The molecule has 1 aromatic carbocycles. The monoisotopic (exact) mass is 256 g/mol. The van der Waals surface area contributed by atoms with Crippen molar-refractivity contribution in [2.45, 2.75) is 26.8 Å². The average molecular weight is 256 g/mol. The summed E-state index contributed by atoms with van der Waals surface area (Å²) in [4.78, 5) is 4.48. The molecule has 2 rings (SSSR count). The van der Waals surface area contributed by atoms with Crippen LogP contribution in [0.3, 0.4) is 0 Å². The van der Waals surface area contributed by atoms with Crippen molar-refractivity contribution in [1.82, 2.24) is 4.98 Å². The maximum atomic E-state index is 6.37. The summed E-state index contributed by atoms with van der Waals surface area (Å²) < 4.78 is 5.40. The van der Waals surface area contributed by atoms with Gasteiger partial charge in [-0.25, -0.2) is 0 Å². The zero-order valence-electron chi connectivity index (χ0n) is 11.9. The lowest BCUT2D eigenvalue weighted by Crippen LogP contribution is -2.16. The molecule has 0 aliphatic carbocycles. The number of aryl methyl sites for hydroxylation is 3. The minimum Gasteiger partial charge on any atom is -0.496 e. The van der Waals surface area contributed by atoms with E-state index in [-0.39, 0.29) is 6.04 Å². The first-order chi connectivity index (χ1) is 9.02. The maximum absolute atomic E-state index is 6.37. The molecule has 0 aliphatic rings. The van der Waals surface area contributed by atoms with Crippen LogP contribution in [0.2, 0.25) is 0 Å². The fourth-order valence-electron chi connectivity index (χ4n) is 2.30. The fraction of sp³-hybridized carbons (Fsp3) is 0.312. The van der Waals surface area contributed by atoms with E-state index in [1.54, 1.807) is 7.11 Å². The molecule has 0 fully saturated rings. The Labute approximate surface area is 114 Å². The van der Waals surface area contributed by atoms with Crippen LogP contribution in [0.15, 0.2) is 30.5 Å². The Bertz CT molecular complexity index is 593. The molecule has 0 saturated heterocycles. The minimum absolute atomic E-state index is 0.268. The second kappa shape index (κ2) is 5.41. The van der Waals surface area contributed by atoms with Crippen molar-refractivity contribution in [3.05, 3.63) is 58.4 Å². The number of methoxy groups -OCH3 is 1. The fourth-order valence-corrected chi connectivity index (χ4v) is 2.30. The Balaban J connectivity index is 2.49. The van der Waals surface area contributed by atoms with Gasteiger partial charge in [0.1, 0.15) is 5.75 Å². The highest BCUT2D eigenvalue weighted by Crippen LogP contribution is 2.29.